The van der Waals surface area contributed by atoms with Gasteiger partial charge in [0.05, 0.1) is 40.8 Å². The predicted molar refractivity (Wildman–Crippen MR) is 289 cm³/mol. The van der Waals surface area contributed by atoms with E-state index in [1.165, 1.54) is 37.3 Å². The van der Waals surface area contributed by atoms with Crippen LogP contribution in [0.5, 0.6) is 0 Å². The number of aromatic nitrogens is 1. The number of rotatable bonds is 23. The van der Waals surface area contributed by atoms with Crippen LogP contribution in [0.2, 0.25) is 0 Å². The van der Waals surface area contributed by atoms with Gasteiger partial charge in [-0.15, -0.1) is 0 Å². The topological polar surface area (TPSA) is 306 Å². The number of sulfone groups is 1. The third-order valence-electron chi connectivity index (χ3n) is 15.1. The summed E-state index contributed by atoms with van der Waals surface area (Å²) in [7, 11) is -3.67. The van der Waals surface area contributed by atoms with Gasteiger partial charge < -0.3 is 45.5 Å². The second kappa shape index (κ2) is 24.4. The quantitative estimate of drug-likeness (QED) is 0.0299. The van der Waals surface area contributed by atoms with Gasteiger partial charge in [-0.1, -0.05) is 39.3 Å². The average molecular weight is 1140 g/mol. The standard InChI is InChI=1S/C56H65FN8O15S/c1-7-56(38-23-42-50-37(26-64(42)25-36(38)53(73)80-54(56)74)48-40(60-44(68)27-66)17-16-35-31(4)39(57)24-41(61-50)47(35)48)79-29-63(21-22-81(6,76)77)55(75)78-28-33-12-14-34(15-13-33)59-51(71)32(5)58-52(72)49(30(2)3)62-43(67)11-9-8-10-20-65-45(69)18-19-46(65)70/h12-15,18-19,23-24,30,32,40,49,66H,7-11,16-17,20-22,25-29H2,1-6H3,(H,58,72)(H,59,71)(H,60,68)(H,62,67)/t32-,40?,49?,56?/m0/s1. The summed E-state index contributed by atoms with van der Waals surface area (Å²) in [5.74, 6) is -6.16. The van der Waals surface area contributed by atoms with E-state index in [1.807, 2.05) is 4.90 Å². The number of aliphatic hydroxyl groups excluding tert-OH is 1. The summed E-state index contributed by atoms with van der Waals surface area (Å²) in [5.41, 5.74) is 2.80. The maximum absolute atomic E-state index is 15.4. The summed E-state index contributed by atoms with van der Waals surface area (Å²) in [4.78, 5) is 126. The number of unbranched alkanes of at least 4 members (excludes halogenated alkanes) is 2. The number of carbonyl (C=O) groups excluding carboxylic acids is 9. The van der Waals surface area contributed by atoms with Crippen molar-refractivity contribution in [3.63, 3.8) is 0 Å². The minimum absolute atomic E-state index is 0.0739. The van der Waals surface area contributed by atoms with Crippen molar-refractivity contribution in [2.24, 2.45) is 5.92 Å². The summed E-state index contributed by atoms with van der Waals surface area (Å²) in [6.07, 6.45) is 6.37. The predicted octanol–water partition coefficient (Wildman–Crippen LogP) is 3.20. The van der Waals surface area contributed by atoms with E-state index < -0.39 is 101 Å². The maximum Gasteiger partial charge on any atom is 0.411 e. The fraction of sp³-hybridized carbons (Fsp3) is 0.464. The molecular weight excluding hydrogens is 1080 g/mol. The normalized spacial score (nSPS) is 18.9. The van der Waals surface area contributed by atoms with Gasteiger partial charge in [0, 0.05) is 72.7 Å². The minimum Gasteiger partial charge on any atom is -0.444 e. The highest BCUT2D eigenvalue weighted by molar-refractivity contribution is 7.90. The van der Waals surface area contributed by atoms with Gasteiger partial charge in [0.1, 0.15) is 47.7 Å². The van der Waals surface area contributed by atoms with Gasteiger partial charge in [0.25, 0.3) is 11.8 Å². The monoisotopic (exact) mass is 1140 g/mol. The molecule has 1 aromatic heterocycles. The molecule has 7 amide bonds. The van der Waals surface area contributed by atoms with Crippen LogP contribution in [0.3, 0.4) is 0 Å². The Morgan fingerprint density at radius 3 is 2.35 bits per heavy atom. The summed E-state index contributed by atoms with van der Waals surface area (Å²) in [5, 5.41) is 21.3. The van der Waals surface area contributed by atoms with Crippen molar-refractivity contribution in [2.75, 3.05) is 50.3 Å². The molecule has 5 aliphatic rings. The number of hydrogen-bond acceptors (Lipinski definition) is 17. The van der Waals surface area contributed by atoms with Gasteiger partial charge >= 0.3 is 18.0 Å². The number of amides is 7. The number of ether oxygens (including phenoxy) is 3. The molecule has 0 saturated heterocycles. The Balaban J connectivity index is 0.905. The van der Waals surface area contributed by atoms with Gasteiger partial charge in [0.15, 0.2) is 5.60 Å². The van der Waals surface area contributed by atoms with Gasteiger partial charge in [-0.3, -0.25) is 38.6 Å². The van der Waals surface area contributed by atoms with E-state index in [0.717, 1.165) is 21.6 Å². The molecule has 1 aliphatic carbocycles. The molecule has 4 aliphatic heterocycles. The zero-order chi connectivity index (χ0) is 58.7. The molecule has 4 atom stereocenters. The van der Waals surface area contributed by atoms with Gasteiger partial charge in [-0.05, 0) is 92.3 Å². The molecule has 2 aromatic carbocycles. The van der Waals surface area contributed by atoms with Crippen molar-refractivity contribution in [3.8, 4) is 0 Å². The SMILES string of the molecule is CCC1(OCN(CCS(C)(=O)=O)C(=O)OCc2ccc(NC(=O)[C@H](C)NC(=O)C(NC(=O)CCCCCN3C(=O)C=CC3=O)C(C)C)cc2)C(=O)OC(=O)C2=C1C=C1c3nc4cc(F)c(C)c5c4c(c3CN1C2)C(NC(=O)CO)CC5. The number of nitrogens with zero attached hydrogens (tertiary/aromatic N) is 4. The Morgan fingerprint density at radius 2 is 1.68 bits per heavy atom. The first-order chi connectivity index (χ1) is 38.4. The zero-order valence-electron chi connectivity index (χ0n) is 45.8. The second-order valence-corrected chi connectivity index (χ2v) is 23.3. The van der Waals surface area contributed by atoms with Crippen LogP contribution >= 0.6 is 0 Å². The molecule has 5 heterocycles. The molecule has 432 valence electrons. The second-order valence-electron chi connectivity index (χ2n) is 21.1. The Morgan fingerprint density at radius 1 is 0.963 bits per heavy atom. The third kappa shape index (κ3) is 12.8. The van der Waals surface area contributed by atoms with E-state index in [0.29, 0.717) is 82.3 Å². The van der Waals surface area contributed by atoms with Crippen LogP contribution in [0.15, 0.2) is 59.7 Å². The smallest absolute Gasteiger partial charge is 0.411 e. The molecule has 0 radical (unpaired) electrons. The lowest BCUT2D eigenvalue weighted by Gasteiger charge is -2.40. The number of halogens is 1. The van der Waals surface area contributed by atoms with Gasteiger partial charge in [0.2, 0.25) is 23.6 Å². The van der Waals surface area contributed by atoms with Crippen molar-refractivity contribution in [3.05, 3.63) is 99.0 Å². The number of pyridine rings is 1. The van der Waals surface area contributed by atoms with Crippen molar-refractivity contribution < 1.29 is 75.3 Å². The highest BCUT2D eigenvalue weighted by atomic mass is 32.2. The number of anilines is 1. The molecule has 0 spiro atoms. The van der Waals surface area contributed by atoms with E-state index in [-0.39, 0.29) is 73.9 Å². The van der Waals surface area contributed by atoms with E-state index in [4.69, 9.17) is 19.2 Å². The number of fused-ring (bicyclic) bond motifs is 4. The van der Waals surface area contributed by atoms with Crippen molar-refractivity contribution >= 4 is 85.6 Å². The number of benzene rings is 2. The number of cyclic esters (lactones) is 2. The van der Waals surface area contributed by atoms with Crippen molar-refractivity contribution in [1.29, 1.82) is 0 Å². The number of aryl methyl sites for hydroxylation is 1. The van der Waals surface area contributed by atoms with Crippen LogP contribution < -0.4 is 21.3 Å². The van der Waals surface area contributed by atoms with Crippen LogP contribution in [-0.4, -0.2) is 149 Å². The lowest BCUT2D eigenvalue weighted by molar-refractivity contribution is -0.180. The molecule has 8 rings (SSSR count). The molecule has 0 saturated carbocycles. The van der Waals surface area contributed by atoms with Crippen LogP contribution in [0.1, 0.15) is 106 Å². The van der Waals surface area contributed by atoms with Crippen LogP contribution in [-0.2, 0) is 82.0 Å². The van der Waals surface area contributed by atoms with Crippen molar-refractivity contribution in [2.45, 2.75) is 116 Å². The highest BCUT2D eigenvalue weighted by Gasteiger charge is 2.53. The first kappa shape index (κ1) is 59.2. The van der Waals surface area contributed by atoms with Gasteiger partial charge in [-0.25, -0.2) is 32.2 Å². The Hall–Kier alpha value is -7.90. The third-order valence-corrected chi connectivity index (χ3v) is 16.0. The van der Waals surface area contributed by atoms with E-state index in [9.17, 15) is 56.7 Å². The fourth-order valence-electron chi connectivity index (χ4n) is 10.6. The Kier molecular flexibility index (Phi) is 17.9. The number of aliphatic hydroxyl groups is 1. The maximum atomic E-state index is 15.4. The molecule has 0 fully saturated rings. The lowest BCUT2D eigenvalue weighted by Crippen LogP contribution is -2.53. The molecular formula is C56H65FN8O15S. The van der Waals surface area contributed by atoms with E-state index >= 15 is 4.39 Å². The van der Waals surface area contributed by atoms with Gasteiger partial charge in [-0.2, -0.15) is 0 Å². The zero-order valence-corrected chi connectivity index (χ0v) is 46.6. The number of hydrogen-bond donors (Lipinski definition) is 5. The van der Waals surface area contributed by atoms with Crippen LogP contribution in [0.4, 0.5) is 14.9 Å². The molecule has 25 heteroatoms. The number of nitrogens with one attached hydrogen (secondary N) is 4. The largest absolute Gasteiger partial charge is 0.444 e. The highest BCUT2D eigenvalue weighted by Crippen LogP contribution is 2.49. The minimum atomic E-state index is -3.67. The number of carbonyl (C=O) groups is 9. The Bertz CT molecular complexity index is 3310. The van der Waals surface area contributed by atoms with E-state index in [2.05, 4.69) is 21.3 Å². The molecule has 23 nitrogen and oxygen atoms in total. The number of imide groups is 1. The van der Waals surface area contributed by atoms with Crippen LogP contribution in [0, 0.1) is 18.7 Å². The first-order valence-corrected chi connectivity index (χ1v) is 28.8. The molecule has 3 aromatic rings. The molecule has 3 unspecified atom stereocenters. The fourth-order valence-corrected chi connectivity index (χ4v) is 11.1. The lowest BCUT2D eigenvalue weighted by atomic mass is 9.81. The van der Waals surface area contributed by atoms with Crippen molar-refractivity contribution in [1.82, 2.24) is 35.6 Å². The number of esters is 2. The Labute approximate surface area is 466 Å². The van der Waals surface area contributed by atoms with Crippen LogP contribution in [0.25, 0.3) is 16.6 Å². The first-order valence-electron chi connectivity index (χ1n) is 26.7. The average Bonchev–Trinajstić information content (AvgIpc) is 2.37. The molecule has 0 bridgehead atoms. The molecule has 5 N–H and O–H groups in total. The summed E-state index contributed by atoms with van der Waals surface area (Å²) in [6, 6.07) is 4.96. The summed E-state index contributed by atoms with van der Waals surface area (Å²) in [6.45, 7) is 6.43. The molecule has 81 heavy (non-hydrogen) atoms. The summed E-state index contributed by atoms with van der Waals surface area (Å²) < 4.78 is 57.5. The van der Waals surface area contributed by atoms with E-state index in [1.54, 1.807) is 45.9 Å². The summed E-state index contributed by atoms with van der Waals surface area (Å²) >= 11 is 0.